The SMILES string of the molecule is COc1ccnc(C(=O)Nc2nc3ccc(OC4CCCCC4)cc3s2)c1OC(C)=O. The van der Waals surface area contributed by atoms with Gasteiger partial charge in [-0.2, -0.15) is 0 Å². The van der Waals surface area contributed by atoms with Crippen LogP contribution in [0.25, 0.3) is 10.2 Å². The lowest BCUT2D eigenvalue weighted by molar-refractivity contribution is -0.132. The Morgan fingerprint density at radius 3 is 2.71 bits per heavy atom. The topological polar surface area (TPSA) is 99.6 Å². The number of nitrogens with zero attached hydrogens (tertiary/aromatic N) is 2. The molecule has 1 amide bonds. The zero-order valence-corrected chi connectivity index (χ0v) is 18.2. The molecule has 1 aromatic carbocycles. The average molecular weight is 442 g/mol. The van der Waals surface area contributed by atoms with Crippen molar-refractivity contribution in [2.45, 2.75) is 45.1 Å². The third-order valence-corrected chi connectivity index (χ3v) is 5.92. The maximum absolute atomic E-state index is 12.8. The second-order valence-corrected chi connectivity index (χ2v) is 8.30. The number of anilines is 1. The van der Waals surface area contributed by atoms with E-state index in [4.69, 9.17) is 14.2 Å². The van der Waals surface area contributed by atoms with E-state index in [1.165, 1.54) is 56.9 Å². The number of esters is 1. The van der Waals surface area contributed by atoms with E-state index in [1.807, 2.05) is 18.2 Å². The smallest absolute Gasteiger partial charge is 0.308 e. The minimum atomic E-state index is -0.578. The Morgan fingerprint density at radius 2 is 1.97 bits per heavy atom. The first-order valence-corrected chi connectivity index (χ1v) is 10.9. The van der Waals surface area contributed by atoms with E-state index in [-0.39, 0.29) is 23.3 Å². The first-order chi connectivity index (χ1) is 15.0. The molecule has 0 aliphatic heterocycles. The highest BCUT2D eigenvalue weighted by Gasteiger charge is 2.22. The van der Waals surface area contributed by atoms with E-state index in [0.29, 0.717) is 5.13 Å². The monoisotopic (exact) mass is 441 g/mol. The van der Waals surface area contributed by atoms with Crippen LogP contribution in [0.4, 0.5) is 5.13 Å². The van der Waals surface area contributed by atoms with E-state index in [1.54, 1.807) is 0 Å². The summed E-state index contributed by atoms with van der Waals surface area (Å²) in [6.07, 6.45) is 7.53. The fourth-order valence-electron chi connectivity index (χ4n) is 3.56. The molecule has 1 N–H and O–H groups in total. The molecule has 1 saturated carbocycles. The fraction of sp³-hybridized carbons (Fsp3) is 0.364. The van der Waals surface area contributed by atoms with Crippen LogP contribution in [0.15, 0.2) is 30.5 Å². The summed E-state index contributed by atoms with van der Waals surface area (Å²) in [6, 6.07) is 7.25. The van der Waals surface area contributed by atoms with Crippen molar-refractivity contribution in [2.75, 3.05) is 12.4 Å². The number of hydrogen-bond acceptors (Lipinski definition) is 8. The highest BCUT2D eigenvalue weighted by atomic mass is 32.1. The number of rotatable bonds is 6. The predicted molar refractivity (Wildman–Crippen MR) is 117 cm³/mol. The molecule has 0 bridgehead atoms. The Morgan fingerprint density at radius 1 is 1.16 bits per heavy atom. The van der Waals surface area contributed by atoms with Gasteiger partial charge >= 0.3 is 5.97 Å². The first kappa shape index (κ1) is 21.0. The minimum absolute atomic E-state index is 0.0284. The van der Waals surface area contributed by atoms with Gasteiger partial charge in [0.1, 0.15) is 5.75 Å². The van der Waals surface area contributed by atoms with Gasteiger partial charge in [0.25, 0.3) is 5.91 Å². The van der Waals surface area contributed by atoms with Crippen LogP contribution in [0, 0.1) is 0 Å². The molecule has 1 fully saturated rings. The molecule has 0 radical (unpaired) electrons. The van der Waals surface area contributed by atoms with Crippen molar-refractivity contribution in [3.05, 3.63) is 36.2 Å². The van der Waals surface area contributed by atoms with Crippen molar-refractivity contribution in [1.29, 1.82) is 0 Å². The van der Waals surface area contributed by atoms with E-state index >= 15 is 0 Å². The second-order valence-electron chi connectivity index (χ2n) is 7.27. The normalized spacial score (nSPS) is 14.3. The Kier molecular flexibility index (Phi) is 6.31. The van der Waals surface area contributed by atoms with Gasteiger partial charge < -0.3 is 14.2 Å². The number of benzene rings is 1. The van der Waals surface area contributed by atoms with Crippen molar-refractivity contribution >= 4 is 38.6 Å². The summed E-state index contributed by atoms with van der Waals surface area (Å²) in [6.45, 7) is 1.24. The molecule has 1 aliphatic rings. The van der Waals surface area contributed by atoms with Crippen molar-refractivity contribution in [3.8, 4) is 17.2 Å². The van der Waals surface area contributed by atoms with Crippen molar-refractivity contribution < 1.29 is 23.8 Å². The second kappa shape index (κ2) is 9.30. The van der Waals surface area contributed by atoms with Gasteiger partial charge in [0.05, 0.1) is 23.4 Å². The average Bonchev–Trinajstić information content (AvgIpc) is 3.15. The quantitative estimate of drug-likeness (QED) is 0.559. The number of hydrogen-bond donors (Lipinski definition) is 1. The van der Waals surface area contributed by atoms with Gasteiger partial charge in [0.2, 0.25) is 5.75 Å². The lowest BCUT2D eigenvalue weighted by Gasteiger charge is -2.22. The van der Waals surface area contributed by atoms with Crippen molar-refractivity contribution in [2.24, 2.45) is 0 Å². The fourth-order valence-corrected chi connectivity index (χ4v) is 4.45. The molecule has 0 saturated heterocycles. The number of amides is 1. The number of aromatic nitrogens is 2. The summed E-state index contributed by atoms with van der Waals surface area (Å²) in [4.78, 5) is 32.8. The molecule has 8 nitrogen and oxygen atoms in total. The third kappa shape index (κ3) is 4.93. The largest absolute Gasteiger partial charge is 0.493 e. The maximum atomic E-state index is 12.8. The van der Waals surface area contributed by atoms with Gasteiger partial charge in [-0.3, -0.25) is 14.9 Å². The summed E-state index contributed by atoms with van der Waals surface area (Å²) < 4.78 is 17.4. The Hall–Kier alpha value is -3.20. The summed E-state index contributed by atoms with van der Waals surface area (Å²) in [7, 11) is 1.42. The molecule has 4 rings (SSSR count). The number of fused-ring (bicyclic) bond motifs is 1. The van der Waals surface area contributed by atoms with Gasteiger partial charge in [-0.15, -0.1) is 0 Å². The molecule has 1 aliphatic carbocycles. The number of pyridine rings is 1. The molecule has 0 unspecified atom stereocenters. The highest BCUT2D eigenvalue weighted by molar-refractivity contribution is 7.22. The van der Waals surface area contributed by atoms with Crippen molar-refractivity contribution in [3.63, 3.8) is 0 Å². The van der Waals surface area contributed by atoms with Crippen LogP contribution in [0.1, 0.15) is 49.5 Å². The van der Waals surface area contributed by atoms with Gasteiger partial charge in [-0.05, 0) is 43.9 Å². The van der Waals surface area contributed by atoms with E-state index in [0.717, 1.165) is 28.8 Å². The van der Waals surface area contributed by atoms with Crippen LogP contribution in [-0.4, -0.2) is 35.1 Å². The highest BCUT2D eigenvalue weighted by Crippen LogP contribution is 2.33. The molecule has 31 heavy (non-hydrogen) atoms. The molecule has 2 heterocycles. The molecule has 0 spiro atoms. The number of methoxy groups -OCH3 is 1. The summed E-state index contributed by atoms with van der Waals surface area (Å²) in [5, 5.41) is 3.14. The number of nitrogens with one attached hydrogen (secondary N) is 1. The Balaban J connectivity index is 1.53. The first-order valence-electron chi connectivity index (χ1n) is 10.1. The van der Waals surface area contributed by atoms with E-state index in [9.17, 15) is 9.59 Å². The lowest BCUT2D eigenvalue weighted by Crippen LogP contribution is -2.19. The molecule has 9 heteroatoms. The van der Waals surface area contributed by atoms with Gasteiger partial charge in [0, 0.05) is 19.2 Å². The van der Waals surface area contributed by atoms with Gasteiger partial charge in [-0.25, -0.2) is 9.97 Å². The zero-order valence-electron chi connectivity index (χ0n) is 17.3. The van der Waals surface area contributed by atoms with Crippen LogP contribution in [0.3, 0.4) is 0 Å². The standard InChI is InChI=1S/C22H23N3O5S/c1-13(26)29-20-17(28-2)10-11-23-19(20)21(27)25-22-24-16-9-8-15(12-18(16)31-22)30-14-6-4-3-5-7-14/h8-12,14H,3-7H2,1-2H3,(H,24,25,27). The van der Waals surface area contributed by atoms with Gasteiger partial charge in [0.15, 0.2) is 16.6 Å². The third-order valence-electron chi connectivity index (χ3n) is 4.98. The Bertz CT molecular complexity index is 1110. The number of carbonyl (C=O) groups is 2. The predicted octanol–water partition coefficient (Wildman–Crippen LogP) is 4.59. The molecular weight excluding hydrogens is 418 g/mol. The molecular formula is C22H23N3O5S. The summed E-state index contributed by atoms with van der Waals surface area (Å²) in [5.74, 6) is -0.102. The van der Waals surface area contributed by atoms with Crippen LogP contribution in [0.5, 0.6) is 17.2 Å². The minimum Gasteiger partial charge on any atom is -0.493 e. The lowest BCUT2D eigenvalue weighted by atomic mass is 9.98. The summed E-state index contributed by atoms with van der Waals surface area (Å²) in [5.41, 5.74) is 0.699. The van der Waals surface area contributed by atoms with E-state index < -0.39 is 11.9 Å². The molecule has 162 valence electrons. The van der Waals surface area contributed by atoms with Crippen LogP contribution in [-0.2, 0) is 4.79 Å². The number of carbonyl (C=O) groups excluding carboxylic acids is 2. The van der Waals surface area contributed by atoms with Crippen molar-refractivity contribution in [1.82, 2.24) is 9.97 Å². The Labute approximate surface area is 183 Å². The molecule has 3 aromatic rings. The van der Waals surface area contributed by atoms with Crippen LogP contribution < -0.4 is 19.5 Å². The maximum Gasteiger partial charge on any atom is 0.308 e. The molecule has 2 aromatic heterocycles. The zero-order chi connectivity index (χ0) is 21.8. The molecule has 0 atom stereocenters. The van der Waals surface area contributed by atoms with Gasteiger partial charge in [-0.1, -0.05) is 17.8 Å². The van der Waals surface area contributed by atoms with E-state index in [2.05, 4.69) is 15.3 Å². The van der Waals surface area contributed by atoms with Crippen LogP contribution >= 0.6 is 11.3 Å². The number of ether oxygens (including phenoxy) is 3. The summed E-state index contributed by atoms with van der Waals surface area (Å²) >= 11 is 1.34. The van der Waals surface area contributed by atoms with Crippen LogP contribution in [0.2, 0.25) is 0 Å². The number of thiazole rings is 1.